The van der Waals surface area contributed by atoms with Gasteiger partial charge in [0, 0.05) is 5.69 Å². The maximum absolute atomic E-state index is 11.7. The maximum atomic E-state index is 11.7. The molecule has 13 heavy (non-hydrogen) atoms. The maximum Gasteiger partial charge on any atom is 0.405 e. The van der Waals surface area contributed by atoms with E-state index in [0.717, 1.165) is 0 Å². The summed E-state index contributed by atoms with van der Waals surface area (Å²) in [6.45, 7) is -1.07. The molecule has 0 aliphatic carbocycles. The molecule has 0 aromatic heterocycles. The SMILES string of the molecule is Oc1ccc(NCC(F)(F)F)cc1. The fourth-order valence-electron chi connectivity index (χ4n) is 0.782. The quantitative estimate of drug-likeness (QED) is 0.703. The molecule has 0 amide bonds. The number of aromatic hydroxyl groups is 1. The van der Waals surface area contributed by atoms with Crippen molar-refractivity contribution < 1.29 is 18.3 Å². The number of phenolic OH excluding ortho intramolecular Hbond substituents is 1. The van der Waals surface area contributed by atoms with E-state index in [0.29, 0.717) is 5.69 Å². The molecule has 2 N–H and O–H groups in total. The van der Waals surface area contributed by atoms with Gasteiger partial charge < -0.3 is 10.4 Å². The third-order valence-corrected chi connectivity index (χ3v) is 1.36. The van der Waals surface area contributed by atoms with E-state index in [2.05, 4.69) is 5.32 Å². The van der Waals surface area contributed by atoms with Gasteiger partial charge in [0.25, 0.3) is 0 Å². The number of hydrogen-bond acceptors (Lipinski definition) is 2. The van der Waals surface area contributed by atoms with Crippen LogP contribution in [0.4, 0.5) is 18.9 Å². The van der Waals surface area contributed by atoms with Gasteiger partial charge in [-0.2, -0.15) is 13.2 Å². The summed E-state index contributed by atoms with van der Waals surface area (Å²) in [6.07, 6.45) is -4.22. The van der Waals surface area contributed by atoms with Gasteiger partial charge >= 0.3 is 6.18 Å². The zero-order valence-corrected chi connectivity index (χ0v) is 6.60. The van der Waals surface area contributed by atoms with E-state index in [1.54, 1.807) is 0 Å². The molecule has 0 aliphatic rings. The first-order chi connectivity index (χ1) is 5.97. The van der Waals surface area contributed by atoms with Crippen LogP contribution in [-0.4, -0.2) is 17.8 Å². The molecule has 5 heteroatoms. The monoisotopic (exact) mass is 191 g/mol. The summed E-state index contributed by atoms with van der Waals surface area (Å²) < 4.78 is 35.1. The summed E-state index contributed by atoms with van der Waals surface area (Å²) >= 11 is 0. The van der Waals surface area contributed by atoms with Gasteiger partial charge in [0.2, 0.25) is 0 Å². The molecule has 0 atom stereocenters. The first-order valence-corrected chi connectivity index (χ1v) is 3.57. The summed E-state index contributed by atoms with van der Waals surface area (Å²) in [7, 11) is 0. The second kappa shape index (κ2) is 3.55. The van der Waals surface area contributed by atoms with Gasteiger partial charge in [0.1, 0.15) is 12.3 Å². The Morgan fingerprint density at radius 1 is 1.15 bits per heavy atom. The molecule has 0 aliphatic heterocycles. The molecule has 1 rings (SSSR count). The Bertz CT molecular complexity index is 268. The van der Waals surface area contributed by atoms with E-state index >= 15 is 0 Å². The van der Waals surface area contributed by atoms with E-state index in [9.17, 15) is 13.2 Å². The molecule has 0 heterocycles. The molecule has 1 aromatic carbocycles. The summed E-state index contributed by atoms with van der Waals surface area (Å²) in [5.41, 5.74) is 0.329. The van der Waals surface area contributed by atoms with Crippen LogP contribution in [0.25, 0.3) is 0 Å². The molecule has 0 radical (unpaired) electrons. The number of anilines is 1. The van der Waals surface area contributed by atoms with Crippen molar-refractivity contribution in [3.63, 3.8) is 0 Å². The summed E-state index contributed by atoms with van der Waals surface area (Å²) in [5.74, 6) is 0.0255. The standard InChI is InChI=1S/C8H8F3NO/c9-8(10,11)5-12-6-1-3-7(13)4-2-6/h1-4,12-13H,5H2. The molecule has 1 aromatic rings. The lowest BCUT2D eigenvalue weighted by atomic mass is 10.3. The summed E-state index contributed by atoms with van der Waals surface area (Å²) in [4.78, 5) is 0. The Balaban J connectivity index is 2.51. The molecule has 0 bridgehead atoms. The molecular formula is C8H8F3NO. The van der Waals surface area contributed by atoms with Crippen molar-refractivity contribution in [3.05, 3.63) is 24.3 Å². The number of nitrogens with one attached hydrogen (secondary N) is 1. The van der Waals surface area contributed by atoms with E-state index in [1.165, 1.54) is 24.3 Å². The second-order valence-electron chi connectivity index (χ2n) is 2.52. The van der Waals surface area contributed by atoms with Gasteiger partial charge in [0.05, 0.1) is 0 Å². The van der Waals surface area contributed by atoms with Gasteiger partial charge in [-0.15, -0.1) is 0 Å². The Hall–Kier alpha value is -1.39. The van der Waals surface area contributed by atoms with Crippen molar-refractivity contribution >= 4 is 5.69 Å². The molecule has 0 fully saturated rings. The van der Waals surface area contributed by atoms with Gasteiger partial charge in [-0.1, -0.05) is 0 Å². The molecule has 0 unspecified atom stereocenters. The van der Waals surface area contributed by atoms with Crippen LogP contribution in [0.1, 0.15) is 0 Å². The minimum Gasteiger partial charge on any atom is -0.508 e. The lowest BCUT2D eigenvalue weighted by Crippen LogP contribution is -2.21. The van der Waals surface area contributed by atoms with Crippen LogP contribution >= 0.6 is 0 Å². The average molecular weight is 191 g/mol. The third kappa shape index (κ3) is 3.68. The van der Waals surface area contributed by atoms with Crippen molar-refractivity contribution in [3.8, 4) is 5.75 Å². The van der Waals surface area contributed by atoms with Crippen LogP contribution in [0.2, 0.25) is 0 Å². The Morgan fingerprint density at radius 3 is 2.15 bits per heavy atom. The fourth-order valence-corrected chi connectivity index (χ4v) is 0.782. The minimum absolute atomic E-state index is 0.0255. The highest BCUT2D eigenvalue weighted by Crippen LogP contribution is 2.18. The molecule has 0 spiro atoms. The van der Waals surface area contributed by atoms with E-state index in [1.807, 2.05) is 0 Å². The predicted octanol–water partition coefficient (Wildman–Crippen LogP) is 2.37. The summed E-state index contributed by atoms with van der Waals surface area (Å²) in [5, 5.41) is 11.0. The smallest absolute Gasteiger partial charge is 0.405 e. The van der Waals surface area contributed by atoms with Crippen LogP contribution in [0.3, 0.4) is 0 Å². The van der Waals surface area contributed by atoms with E-state index < -0.39 is 12.7 Å². The molecule has 0 saturated heterocycles. The highest BCUT2D eigenvalue weighted by molar-refractivity contribution is 5.45. The van der Waals surface area contributed by atoms with Crippen molar-refractivity contribution in [2.45, 2.75) is 6.18 Å². The summed E-state index contributed by atoms with van der Waals surface area (Å²) in [6, 6.07) is 5.39. The van der Waals surface area contributed by atoms with Crippen LogP contribution in [0.15, 0.2) is 24.3 Å². The largest absolute Gasteiger partial charge is 0.508 e. The third-order valence-electron chi connectivity index (χ3n) is 1.36. The normalized spacial score (nSPS) is 11.3. The number of alkyl halides is 3. The predicted molar refractivity (Wildman–Crippen MR) is 42.7 cm³/mol. The van der Waals surface area contributed by atoms with E-state index in [-0.39, 0.29) is 5.75 Å². The van der Waals surface area contributed by atoms with Gasteiger partial charge in [-0.05, 0) is 24.3 Å². The minimum atomic E-state index is -4.22. The highest BCUT2D eigenvalue weighted by atomic mass is 19.4. The number of benzene rings is 1. The topological polar surface area (TPSA) is 32.3 Å². The van der Waals surface area contributed by atoms with Gasteiger partial charge in [0.15, 0.2) is 0 Å². The highest BCUT2D eigenvalue weighted by Gasteiger charge is 2.26. The van der Waals surface area contributed by atoms with Crippen LogP contribution in [-0.2, 0) is 0 Å². The van der Waals surface area contributed by atoms with Crippen molar-refractivity contribution in [2.75, 3.05) is 11.9 Å². The van der Waals surface area contributed by atoms with Gasteiger partial charge in [-0.3, -0.25) is 0 Å². The molecule has 2 nitrogen and oxygen atoms in total. The Morgan fingerprint density at radius 2 is 1.69 bits per heavy atom. The van der Waals surface area contributed by atoms with Gasteiger partial charge in [-0.25, -0.2) is 0 Å². The van der Waals surface area contributed by atoms with Crippen LogP contribution < -0.4 is 5.32 Å². The Kier molecular flexibility index (Phi) is 2.65. The van der Waals surface area contributed by atoms with Crippen molar-refractivity contribution in [1.82, 2.24) is 0 Å². The lowest BCUT2D eigenvalue weighted by Gasteiger charge is -2.08. The fraction of sp³-hybridized carbons (Fsp3) is 0.250. The number of hydrogen-bond donors (Lipinski definition) is 2. The molecule has 72 valence electrons. The number of phenols is 1. The Labute approximate surface area is 73.0 Å². The number of rotatable bonds is 2. The van der Waals surface area contributed by atoms with Crippen molar-refractivity contribution in [1.29, 1.82) is 0 Å². The zero-order chi connectivity index (χ0) is 9.90. The zero-order valence-electron chi connectivity index (χ0n) is 6.60. The first kappa shape index (κ1) is 9.70. The first-order valence-electron chi connectivity index (χ1n) is 3.57. The average Bonchev–Trinajstić information content (AvgIpc) is 2.02. The van der Waals surface area contributed by atoms with E-state index in [4.69, 9.17) is 5.11 Å². The van der Waals surface area contributed by atoms with Crippen LogP contribution in [0, 0.1) is 0 Å². The number of halogens is 3. The lowest BCUT2D eigenvalue weighted by molar-refractivity contribution is -0.115. The second-order valence-corrected chi connectivity index (χ2v) is 2.52. The molecular weight excluding hydrogens is 183 g/mol. The van der Waals surface area contributed by atoms with Crippen LogP contribution in [0.5, 0.6) is 5.75 Å². The van der Waals surface area contributed by atoms with Crippen molar-refractivity contribution in [2.24, 2.45) is 0 Å². The molecule has 0 saturated carbocycles.